The van der Waals surface area contributed by atoms with Crippen LogP contribution in [-0.2, 0) is 0 Å². The molecule has 1 amide bonds. The lowest BCUT2D eigenvalue weighted by Crippen LogP contribution is -2.37. The van der Waals surface area contributed by atoms with Crippen LogP contribution >= 0.6 is 11.6 Å². The zero-order valence-corrected chi connectivity index (χ0v) is 12.4. The van der Waals surface area contributed by atoms with E-state index in [-0.39, 0.29) is 17.9 Å². The van der Waals surface area contributed by atoms with Gasteiger partial charge in [0.05, 0.1) is 11.2 Å². The fourth-order valence-electron chi connectivity index (χ4n) is 2.41. The topological polar surface area (TPSA) is 54.9 Å². The van der Waals surface area contributed by atoms with Gasteiger partial charge in [-0.2, -0.15) is 0 Å². The van der Waals surface area contributed by atoms with E-state index < -0.39 is 0 Å². The Balaban J connectivity index is 2.16. The minimum atomic E-state index is -0.187. The van der Waals surface area contributed by atoms with E-state index in [1.165, 1.54) is 19.0 Å². The van der Waals surface area contributed by atoms with E-state index in [0.29, 0.717) is 22.5 Å². The van der Waals surface area contributed by atoms with Crippen molar-refractivity contribution in [1.82, 2.24) is 15.3 Å². The highest BCUT2D eigenvalue weighted by Gasteiger charge is 2.26. The first-order valence-corrected chi connectivity index (χ1v) is 7.20. The molecule has 0 aromatic carbocycles. The highest BCUT2D eigenvalue weighted by molar-refractivity contribution is 6.33. The molecule has 1 heterocycles. The van der Waals surface area contributed by atoms with Gasteiger partial charge in [0.2, 0.25) is 0 Å². The summed E-state index contributed by atoms with van der Waals surface area (Å²) < 4.78 is 0. The Morgan fingerprint density at radius 3 is 2.79 bits per heavy atom. The molecule has 2 rings (SSSR count). The Labute approximate surface area is 119 Å². The molecule has 4 nitrogen and oxygen atoms in total. The van der Waals surface area contributed by atoms with Gasteiger partial charge in [-0.1, -0.05) is 38.8 Å². The number of rotatable bonds is 3. The van der Waals surface area contributed by atoms with Gasteiger partial charge in [0.1, 0.15) is 11.5 Å². The fraction of sp³-hybridized carbons (Fsp3) is 0.643. The normalized spacial score (nSPS) is 22.8. The van der Waals surface area contributed by atoms with Crippen LogP contribution < -0.4 is 5.32 Å². The highest BCUT2D eigenvalue weighted by Crippen LogP contribution is 2.25. The standard InChI is InChI=1S/C14H20ClN3O/c1-8(2)13-16-7-10(15)12(18-13)14(19)17-11-6-4-5-9(11)3/h7-9,11H,4-6H2,1-3H3,(H,17,19). The number of nitrogens with zero attached hydrogens (tertiary/aromatic N) is 2. The van der Waals surface area contributed by atoms with Crippen LogP contribution in [-0.4, -0.2) is 21.9 Å². The summed E-state index contributed by atoms with van der Waals surface area (Å²) in [4.78, 5) is 20.7. The predicted molar refractivity (Wildman–Crippen MR) is 75.4 cm³/mol. The Bertz CT molecular complexity index is 476. The summed E-state index contributed by atoms with van der Waals surface area (Å²) in [5, 5.41) is 3.35. The zero-order chi connectivity index (χ0) is 14.0. The molecule has 2 atom stereocenters. The van der Waals surface area contributed by atoms with Crippen molar-refractivity contribution >= 4 is 17.5 Å². The number of hydrogen-bond acceptors (Lipinski definition) is 3. The molecule has 19 heavy (non-hydrogen) atoms. The monoisotopic (exact) mass is 281 g/mol. The quantitative estimate of drug-likeness (QED) is 0.926. The number of amides is 1. The summed E-state index contributed by atoms with van der Waals surface area (Å²) >= 11 is 6.03. The van der Waals surface area contributed by atoms with E-state index >= 15 is 0 Å². The number of hydrogen-bond donors (Lipinski definition) is 1. The molecule has 0 spiro atoms. The molecule has 1 aromatic heterocycles. The number of nitrogens with one attached hydrogen (secondary N) is 1. The average molecular weight is 282 g/mol. The maximum atomic E-state index is 12.3. The largest absolute Gasteiger partial charge is 0.348 e. The van der Waals surface area contributed by atoms with Crippen LogP contribution in [0.25, 0.3) is 0 Å². The first kappa shape index (κ1) is 14.3. The average Bonchev–Trinajstić information content (AvgIpc) is 2.75. The van der Waals surface area contributed by atoms with E-state index in [4.69, 9.17) is 11.6 Å². The second-order valence-electron chi connectivity index (χ2n) is 5.57. The van der Waals surface area contributed by atoms with Gasteiger partial charge in [-0.3, -0.25) is 4.79 Å². The van der Waals surface area contributed by atoms with Crippen LogP contribution in [0.5, 0.6) is 0 Å². The lowest BCUT2D eigenvalue weighted by molar-refractivity contribution is 0.0924. The predicted octanol–water partition coefficient (Wildman–Crippen LogP) is 3.17. The summed E-state index contributed by atoms with van der Waals surface area (Å²) in [5.41, 5.74) is 0.291. The summed E-state index contributed by atoms with van der Waals surface area (Å²) in [6.07, 6.45) is 4.88. The van der Waals surface area contributed by atoms with Gasteiger partial charge >= 0.3 is 0 Å². The maximum Gasteiger partial charge on any atom is 0.271 e. The van der Waals surface area contributed by atoms with Crippen molar-refractivity contribution in [1.29, 1.82) is 0 Å². The molecule has 1 aliphatic carbocycles. The van der Waals surface area contributed by atoms with Crippen molar-refractivity contribution in [3.63, 3.8) is 0 Å². The smallest absolute Gasteiger partial charge is 0.271 e. The number of halogens is 1. The van der Waals surface area contributed by atoms with Gasteiger partial charge in [0.25, 0.3) is 5.91 Å². The Morgan fingerprint density at radius 1 is 1.47 bits per heavy atom. The summed E-state index contributed by atoms with van der Waals surface area (Å²) in [5.74, 6) is 1.16. The third-order valence-corrected chi connectivity index (χ3v) is 3.95. The summed E-state index contributed by atoms with van der Waals surface area (Å²) in [6.45, 7) is 6.15. The summed E-state index contributed by atoms with van der Waals surface area (Å²) in [7, 11) is 0. The second kappa shape index (κ2) is 5.87. The molecule has 1 saturated carbocycles. The number of aromatic nitrogens is 2. The fourth-order valence-corrected chi connectivity index (χ4v) is 2.59. The molecule has 0 aliphatic heterocycles. The SMILES string of the molecule is CC(C)c1ncc(Cl)c(C(=O)NC2CCCC2C)n1. The lowest BCUT2D eigenvalue weighted by Gasteiger charge is -2.17. The van der Waals surface area contributed by atoms with Crippen molar-refractivity contribution in [3.8, 4) is 0 Å². The molecular formula is C14H20ClN3O. The molecule has 0 bridgehead atoms. The van der Waals surface area contributed by atoms with E-state index in [1.54, 1.807) is 0 Å². The molecule has 5 heteroatoms. The van der Waals surface area contributed by atoms with Crippen molar-refractivity contribution in [2.75, 3.05) is 0 Å². The van der Waals surface area contributed by atoms with Crippen LogP contribution in [0, 0.1) is 5.92 Å². The third kappa shape index (κ3) is 3.24. The molecule has 0 saturated heterocycles. The van der Waals surface area contributed by atoms with E-state index in [2.05, 4.69) is 22.2 Å². The minimum Gasteiger partial charge on any atom is -0.348 e. The third-order valence-electron chi connectivity index (χ3n) is 3.67. The highest BCUT2D eigenvalue weighted by atomic mass is 35.5. The van der Waals surface area contributed by atoms with E-state index in [9.17, 15) is 4.79 Å². The molecule has 2 unspecified atom stereocenters. The van der Waals surface area contributed by atoms with Crippen LogP contribution in [0.2, 0.25) is 5.02 Å². The molecule has 1 aliphatic rings. The van der Waals surface area contributed by atoms with Crippen LogP contribution in [0.15, 0.2) is 6.20 Å². The molecular weight excluding hydrogens is 262 g/mol. The Morgan fingerprint density at radius 2 is 2.21 bits per heavy atom. The molecule has 104 valence electrons. The Kier molecular flexibility index (Phi) is 4.40. The van der Waals surface area contributed by atoms with Crippen molar-refractivity contribution in [2.45, 2.75) is 52.0 Å². The van der Waals surface area contributed by atoms with Gasteiger partial charge in [-0.15, -0.1) is 0 Å². The zero-order valence-electron chi connectivity index (χ0n) is 11.6. The van der Waals surface area contributed by atoms with Gasteiger partial charge in [0, 0.05) is 12.0 Å². The van der Waals surface area contributed by atoms with Gasteiger partial charge in [-0.25, -0.2) is 9.97 Å². The lowest BCUT2D eigenvalue weighted by atomic mass is 10.1. The van der Waals surface area contributed by atoms with Crippen molar-refractivity contribution in [3.05, 3.63) is 22.7 Å². The maximum absolute atomic E-state index is 12.3. The van der Waals surface area contributed by atoms with Crippen LogP contribution in [0.1, 0.15) is 62.3 Å². The van der Waals surface area contributed by atoms with Crippen molar-refractivity contribution in [2.24, 2.45) is 5.92 Å². The second-order valence-corrected chi connectivity index (χ2v) is 5.97. The molecule has 1 fully saturated rings. The van der Waals surface area contributed by atoms with E-state index in [0.717, 1.165) is 6.42 Å². The molecule has 1 N–H and O–H groups in total. The number of carbonyl (C=O) groups is 1. The molecule has 0 radical (unpaired) electrons. The summed E-state index contributed by atoms with van der Waals surface area (Å²) in [6, 6.07) is 0.237. The first-order valence-electron chi connectivity index (χ1n) is 6.82. The van der Waals surface area contributed by atoms with Gasteiger partial charge < -0.3 is 5.32 Å². The van der Waals surface area contributed by atoms with Crippen molar-refractivity contribution < 1.29 is 4.79 Å². The van der Waals surface area contributed by atoms with Gasteiger partial charge in [0.15, 0.2) is 0 Å². The van der Waals surface area contributed by atoms with E-state index in [1.807, 2.05) is 13.8 Å². The van der Waals surface area contributed by atoms with Gasteiger partial charge in [-0.05, 0) is 18.8 Å². The van der Waals surface area contributed by atoms with Crippen LogP contribution in [0.3, 0.4) is 0 Å². The first-order chi connectivity index (χ1) is 8.99. The Hall–Kier alpha value is -1.16. The minimum absolute atomic E-state index is 0.175. The van der Waals surface area contributed by atoms with Crippen LogP contribution in [0.4, 0.5) is 0 Å². The number of carbonyl (C=O) groups excluding carboxylic acids is 1. The molecule has 1 aromatic rings.